The topological polar surface area (TPSA) is 61.5 Å². The summed E-state index contributed by atoms with van der Waals surface area (Å²) >= 11 is 0. The Morgan fingerprint density at radius 1 is 1.40 bits per heavy atom. The Kier molecular flexibility index (Phi) is 0.887. The molecule has 0 spiro atoms. The predicted molar refractivity (Wildman–Crippen MR) is 36.7 cm³/mol. The maximum absolute atomic E-state index is 10.9. The fourth-order valence-electron chi connectivity index (χ4n) is 0.884. The second kappa shape index (κ2) is 1.70. The first-order valence-corrected chi connectivity index (χ1v) is 2.88. The number of nitrogens with one attached hydrogen (secondary N) is 2. The van der Waals surface area contributed by atoms with Crippen LogP contribution in [0.3, 0.4) is 0 Å². The number of H-pyrrole nitrogens is 2. The summed E-state index contributed by atoms with van der Waals surface area (Å²) < 4.78 is 0. The van der Waals surface area contributed by atoms with Crippen LogP contribution in [0.15, 0.2) is 23.3 Å². The Morgan fingerprint density at radius 2 is 2.30 bits per heavy atom. The van der Waals surface area contributed by atoms with Crippen molar-refractivity contribution >= 4 is 10.9 Å². The minimum Gasteiger partial charge on any atom is -0.296 e. The molecule has 2 aromatic heterocycles. The van der Waals surface area contributed by atoms with Crippen LogP contribution in [0.4, 0.5) is 0 Å². The van der Waals surface area contributed by atoms with Gasteiger partial charge in [-0.3, -0.25) is 20.0 Å². The van der Waals surface area contributed by atoms with E-state index in [0.717, 1.165) is 5.52 Å². The lowest BCUT2D eigenvalue weighted by Crippen LogP contribution is -1.96. The highest BCUT2D eigenvalue weighted by Gasteiger charge is 1.95. The van der Waals surface area contributed by atoms with Crippen LogP contribution >= 0.6 is 0 Å². The predicted octanol–water partition coefficient (Wildman–Crippen LogP) is 0.251. The molecule has 4 heteroatoms. The van der Waals surface area contributed by atoms with Crippen LogP contribution in [0, 0.1) is 0 Å². The first-order chi connectivity index (χ1) is 4.88. The Morgan fingerprint density at radius 3 is 3.10 bits per heavy atom. The lowest BCUT2D eigenvalue weighted by Gasteiger charge is -1.80. The molecule has 0 fully saturated rings. The quantitative estimate of drug-likeness (QED) is 0.544. The highest BCUT2D eigenvalue weighted by molar-refractivity contribution is 5.75. The molecule has 2 aromatic rings. The normalized spacial score (nSPS) is 10.4. The first-order valence-electron chi connectivity index (χ1n) is 2.88. The second-order valence-corrected chi connectivity index (χ2v) is 2.00. The highest BCUT2D eigenvalue weighted by Crippen LogP contribution is 1.99. The zero-order chi connectivity index (χ0) is 6.97. The van der Waals surface area contributed by atoms with Crippen LogP contribution in [-0.4, -0.2) is 15.2 Å². The first kappa shape index (κ1) is 5.22. The third-order valence-electron chi connectivity index (χ3n) is 1.38. The summed E-state index contributed by atoms with van der Waals surface area (Å²) in [7, 11) is 0. The molecule has 0 saturated carbocycles. The van der Waals surface area contributed by atoms with Crippen molar-refractivity contribution in [1.29, 1.82) is 0 Å². The van der Waals surface area contributed by atoms with E-state index in [-0.39, 0.29) is 5.56 Å². The highest BCUT2D eigenvalue weighted by atomic mass is 16.1. The van der Waals surface area contributed by atoms with Crippen molar-refractivity contribution in [3.05, 3.63) is 28.8 Å². The SMILES string of the molecule is O=c1[nH][nH]c2cnccc12. The average molecular weight is 135 g/mol. The molecule has 0 aliphatic rings. The van der Waals surface area contributed by atoms with Gasteiger partial charge in [-0.25, -0.2) is 0 Å². The molecule has 4 nitrogen and oxygen atoms in total. The number of nitrogens with zero attached hydrogens (tertiary/aromatic N) is 1. The second-order valence-electron chi connectivity index (χ2n) is 2.00. The van der Waals surface area contributed by atoms with Crippen molar-refractivity contribution in [3.63, 3.8) is 0 Å². The maximum atomic E-state index is 10.9. The van der Waals surface area contributed by atoms with Crippen LogP contribution in [0.5, 0.6) is 0 Å². The molecule has 0 unspecified atom stereocenters. The van der Waals surface area contributed by atoms with Crippen LogP contribution in [-0.2, 0) is 0 Å². The van der Waals surface area contributed by atoms with Gasteiger partial charge in [-0.05, 0) is 6.07 Å². The number of aromatic amines is 2. The molecule has 2 rings (SSSR count). The summed E-state index contributed by atoms with van der Waals surface area (Å²) in [5.74, 6) is 0. The van der Waals surface area contributed by atoms with E-state index >= 15 is 0 Å². The van der Waals surface area contributed by atoms with E-state index in [4.69, 9.17) is 0 Å². The van der Waals surface area contributed by atoms with Crippen LogP contribution in [0.2, 0.25) is 0 Å². The number of aromatic nitrogens is 3. The van der Waals surface area contributed by atoms with E-state index in [1.54, 1.807) is 18.5 Å². The number of hydrogen-bond donors (Lipinski definition) is 2. The van der Waals surface area contributed by atoms with Crippen molar-refractivity contribution < 1.29 is 0 Å². The fourth-order valence-corrected chi connectivity index (χ4v) is 0.884. The molecule has 0 aromatic carbocycles. The molecule has 0 radical (unpaired) electrons. The Labute approximate surface area is 55.9 Å². The van der Waals surface area contributed by atoms with Crippen molar-refractivity contribution in [1.82, 2.24) is 15.2 Å². The average Bonchev–Trinajstić information content (AvgIpc) is 2.34. The molecular formula is C6H5N3O. The fraction of sp³-hybridized carbons (Fsp3) is 0. The van der Waals surface area contributed by atoms with E-state index in [0.29, 0.717) is 5.39 Å². The summed E-state index contributed by atoms with van der Waals surface area (Å²) in [5.41, 5.74) is 0.643. The molecular weight excluding hydrogens is 130 g/mol. The van der Waals surface area contributed by atoms with Crippen LogP contribution in [0.25, 0.3) is 10.9 Å². The number of fused-ring (bicyclic) bond motifs is 1. The van der Waals surface area contributed by atoms with Gasteiger partial charge in [-0.2, -0.15) is 0 Å². The van der Waals surface area contributed by atoms with E-state index in [9.17, 15) is 4.79 Å². The van der Waals surface area contributed by atoms with Gasteiger partial charge in [-0.1, -0.05) is 0 Å². The van der Waals surface area contributed by atoms with E-state index in [2.05, 4.69) is 15.2 Å². The van der Waals surface area contributed by atoms with E-state index < -0.39 is 0 Å². The van der Waals surface area contributed by atoms with Crippen molar-refractivity contribution in [2.45, 2.75) is 0 Å². The molecule has 0 amide bonds. The van der Waals surface area contributed by atoms with Gasteiger partial charge < -0.3 is 0 Å². The summed E-state index contributed by atoms with van der Waals surface area (Å²) in [6.45, 7) is 0. The van der Waals surface area contributed by atoms with Gasteiger partial charge >= 0.3 is 0 Å². The summed E-state index contributed by atoms with van der Waals surface area (Å²) in [6, 6.07) is 1.67. The van der Waals surface area contributed by atoms with Gasteiger partial charge in [0.05, 0.1) is 17.1 Å². The molecule has 0 aliphatic carbocycles. The minimum atomic E-state index is -0.0996. The van der Waals surface area contributed by atoms with Gasteiger partial charge in [0.25, 0.3) is 5.56 Å². The molecule has 50 valence electrons. The number of hydrogen-bond acceptors (Lipinski definition) is 2. The lowest BCUT2D eigenvalue weighted by atomic mass is 10.3. The van der Waals surface area contributed by atoms with Gasteiger partial charge in [0.2, 0.25) is 0 Å². The Bertz CT molecular complexity index is 400. The summed E-state index contributed by atoms with van der Waals surface area (Å²) in [4.78, 5) is 14.7. The zero-order valence-electron chi connectivity index (χ0n) is 5.09. The molecule has 2 N–H and O–H groups in total. The Balaban J connectivity index is 3.07. The third kappa shape index (κ3) is 0.556. The molecule has 0 bridgehead atoms. The minimum absolute atomic E-state index is 0.0996. The van der Waals surface area contributed by atoms with Gasteiger partial charge in [0.1, 0.15) is 0 Å². The molecule has 0 saturated heterocycles. The maximum Gasteiger partial charge on any atom is 0.271 e. The van der Waals surface area contributed by atoms with Crippen molar-refractivity contribution in [2.75, 3.05) is 0 Å². The lowest BCUT2D eigenvalue weighted by molar-refractivity contribution is 1.08. The Hall–Kier alpha value is -1.58. The van der Waals surface area contributed by atoms with Gasteiger partial charge in [0, 0.05) is 6.20 Å². The molecule has 10 heavy (non-hydrogen) atoms. The van der Waals surface area contributed by atoms with Crippen LogP contribution < -0.4 is 5.56 Å². The van der Waals surface area contributed by atoms with Gasteiger partial charge in [-0.15, -0.1) is 0 Å². The van der Waals surface area contributed by atoms with Crippen molar-refractivity contribution in [3.8, 4) is 0 Å². The van der Waals surface area contributed by atoms with Gasteiger partial charge in [0.15, 0.2) is 0 Å². The summed E-state index contributed by atoms with van der Waals surface area (Å²) in [6.07, 6.45) is 3.19. The number of pyridine rings is 1. The smallest absolute Gasteiger partial charge is 0.271 e. The number of rotatable bonds is 0. The molecule has 0 atom stereocenters. The largest absolute Gasteiger partial charge is 0.296 e. The zero-order valence-corrected chi connectivity index (χ0v) is 5.09. The van der Waals surface area contributed by atoms with Crippen molar-refractivity contribution in [2.24, 2.45) is 0 Å². The van der Waals surface area contributed by atoms with E-state index in [1.165, 1.54) is 0 Å². The summed E-state index contributed by atoms with van der Waals surface area (Å²) in [5, 5.41) is 5.79. The van der Waals surface area contributed by atoms with E-state index in [1.807, 2.05) is 0 Å². The third-order valence-corrected chi connectivity index (χ3v) is 1.38. The molecule has 2 heterocycles. The molecule has 0 aliphatic heterocycles. The monoisotopic (exact) mass is 135 g/mol. The van der Waals surface area contributed by atoms with Crippen LogP contribution in [0.1, 0.15) is 0 Å². The standard InChI is InChI=1S/C6H5N3O/c10-6-4-1-2-7-3-5(4)8-9-6/h1-3H,(H2,8,9,10).